The first-order valence-electron chi connectivity index (χ1n) is 9.74. The fraction of sp³-hybridized carbons (Fsp3) is 0.333. The van der Waals surface area contributed by atoms with Crippen LogP contribution >= 0.6 is 0 Å². The van der Waals surface area contributed by atoms with Crippen LogP contribution in [0.2, 0.25) is 0 Å². The quantitative estimate of drug-likeness (QED) is 0.677. The number of hydrogen-bond donors (Lipinski definition) is 1. The van der Waals surface area contributed by atoms with Crippen LogP contribution in [0.4, 0.5) is 9.18 Å². The van der Waals surface area contributed by atoms with Crippen LogP contribution in [0.25, 0.3) is 0 Å². The highest BCUT2D eigenvalue weighted by Gasteiger charge is 2.31. The number of carbonyl (C=O) groups excluding carboxylic acids is 2. The molecule has 10 heteroatoms. The van der Waals surface area contributed by atoms with Gasteiger partial charge in [-0.05, 0) is 29.8 Å². The third-order valence-corrected chi connectivity index (χ3v) is 6.96. The number of methoxy groups -OCH3 is 1. The van der Waals surface area contributed by atoms with E-state index in [1.54, 1.807) is 0 Å². The number of benzene rings is 2. The van der Waals surface area contributed by atoms with Crippen LogP contribution in [0.1, 0.15) is 5.56 Å². The lowest BCUT2D eigenvalue weighted by atomic mass is 10.1. The van der Waals surface area contributed by atoms with Gasteiger partial charge in [-0.3, -0.25) is 0 Å². The summed E-state index contributed by atoms with van der Waals surface area (Å²) < 4.78 is 44.6. The molecule has 2 aromatic carbocycles. The lowest BCUT2D eigenvalue weighted by Gasteiger charge is -2.34. The number of sulfonamides is 1. The highest BCUT2D eigenvalue weighted by Crippen LogP contribution is 2.18. The molecule has 1 fully saturated rings. The summed E-state index contributed by atoms with van der Waals surface area (Å²) in [6.07, 6.45) is 0.276. The van der Waals surface area contributed by atoms with Crippen molar-refractivity contribution >= 4 is 22.0 Å². The highest BCUT2D eigenvalue weighted by atomic mass is 32.2. The second kappa shape index (κ2) is 9.88. The van der Waals surface area contributed by atoms with Crippen molar-refractivity contribution in [3.63, 3.8) is 0 Å². The van der Waals surface area contributed by atoms with E-state index in [0.29, 0.717) is 0 Å². The maximum atomic E-state index is 13.1. The van der Waals surface area contributed by atoms with Crippen LogP contribution in [-0.2, 0) is 26.0 Å². The van der Waals surface area contributed by atoms with Crippen LogP contribution in [-0.4, -0.2) is 69.0 Å². The van der Waals surface area contributed by atoms with Gasteiger partial charge in [-0.2, -0.15) is 4.31 Å². The standard InChI is InChI=1S/C21H24FN3O5S/c1-30-20(26)19(15-16-5-3-2-4-6-16)23-21(27)24-11-13-25(14-12-24)31(28,29)18-9-7-17(22)8-10-18/h2-10,19H,11-15H2,1H3,(H,23,27)/t19-/m1/s1. The van der Waals surface area contributed by atoms with Crippen LogP contribution in [0, 0.1) is 5.82 Å². The summed E-state index contributed by atoms with van der Waals surface area (Å²) in [5.74, 6) is -1.08. The summed E-state index contributed by atoms with van der Waals surface area (Å²) in [5, 5.41) is 2.68. The molecule has 3 rings (SSSR count). The molecule has 31 heavy (non-hydrogen) atoms. The topological polar surface area (TPSA) is 96.0 Å². The van der Waals surface area contributed by atoms with E-state index in [1.165, 1.54) is 28.4 Å². The molecule has 1 atom stereocenters. The summed E-state index contributed by atoms with van der Waals surface area (Å²) in [4.78, 5) is 26.3. The zero-order valence-corrected chi connectivity index (χ0v) is 17.8. The number of urea groups is 1. The molecule has 0 aliphatic carbocycles. The lowest BCUT2D eigenvalue weighted by Crippen LogP contribution is -2.56. The van der Waals surface area contributed by atoms with E-state index in [2.05, 4.69) is 5.32 Å². The summed E-state index contributed by atoms with van der Waals surface area (Å²) in [6, 6.07) is 12.5. The van der Waals surface area contributed by atoms with Gasteiger partial charge in [-0.1, -0.05) is 30.3 Å². The van der Waals surface area contributed by atoms with E-state index in [1.807, 2.05) is 30.3 Å². The van der Waals surface area contributed by atoms with Crippen LogP contribution < -0.4 is 5.32 Å². The minimum atomic E-state index is -3.77. The van der Waals surface area contributed by atoms with Gasteiger partial charge in [0, 0.05) is 32.6 Å². The molecule has 2 aromatic rings. The summed E-state index contributed by atoms with van der Waals surface area (Å²) in [5.41, 5.74) is 0.869. The largest absolute Gasteiger partial charge is 0.467 e. The van der Waals surface area contributed by atoms with Crippen LogP contribution in [0.3, 0.4) is 0 Å². The molecule has 0 radical (unpaired) electrons. The molecule has 8 nitrogen and oxygen atoms in total. The molecule has 0 unspecified atom stereocenters. The smallest absolute Gasteiger partial charge is 0.328 e. The SMILES string of the molecule is COC(=O)[C@@H](Cc1ccccc1)NC(=O)N1CCN(S(=O)(=O)c2ccc(F)cc2)CC1. The number of esters is 1. The van der Waals surface area contributed by atoms with Gasteiger partial charge in [0.1, 0.15) is 11.9 Å². The first-order valence-corrected chi connectivity index (χ1v) is 11.2. The normalized spacial score (nSPS) is 15.9. The Morgan fingerprint density at radius 2 is 1.65 bits per heavy atom. The van der Waals surface area contributed by atoms with Crippen molar-refractivity contribution in [2.24, 2.45) is 0 Å². The molecule has 1 aliphatic rings. The van der Waals surface area contributed by atoms with Crippen molar-refractivity contribution in [1.29, 1.82) is 0 Å². The maximum Gasteiger partial charge on any atom is 0.328 e. The number of halogens is 1. The average Bonchev–Trinajstić information content (AvgIpc) is 2.79. The third kappa shape index (κ3) is 5.59. The second-order valence-corrected chi connectivity index (χ2v) is 9.00. The molecule has 0 saturated carbocycles. The predicted molar refractivity (Wildman–Crippen MR) is 111 cm³/mol. The van der Waals surface area contributed by atoms with Gasteiger partial charge in [0.05, 0.1) is 12.0 Å². The van der Waals surface area contributed by atoms with Crippen LogP contribution in [0.5, 0.6) is 0 Å². The molecule has 1 heterocycles. The molecule has 0 aromatic heterocycles. The fourth-order valence-corrected chi connectivity index (χ4v) is 4.74. The van der Waals surface area contributed by atoms with Crippen molar-refractivity contribution in [2.75, 3.05) is 33.3 Å². The van der Waals surface area contributed by atoms with Crippen molar-refractivity contribution in [3.05, 3.63) is 66.0 Å². The molecule has 1 aliphatic heterocycles. The van der Waals surface area contributed by atoms with Gasteiger partial charge in [-0.15, -0.1) is 0 Å². The van der Waals surface area contributed by atoms with Crippen molar-refractivity contribution < 1.29 is 27.1 Å². The predicted octanol–water partition coefficient (Wildman–Crippen LogP) is 1.63. The average molecular weight is 450 g/mol. The van der Waals surface area contributed by atoms with E-state index < -0.39 is 33.9 Å². The second-order valence-electron chi connectivity index (χ2n) is 7.06. The summed E-state index contributed by atoms with van der Waals surface area (Å²) in [6.45, 7) is 0.500. The summed E-state index contributed by atoms with van der Waals surface area (Å²) in [7, 11) is -2.52. The third-order valence-electron chi connectivity index (χ3n) is 5.04. The number of carbonyl (C=O) groups is 2. The first kappa shape index (κ1) is 22.7. The zero-order valence-electron chi connectivity index (χ0n) is 17.0. The zero-order chi connectivity index (χ0) is 22.4. The van der Waals surface area contributed by atoms with Gasteiger partial charge < -0.3 is 15.0 Å². The van der Waals surface area contributed by atoms with Gasteiger partial charge in [0.2, 0.25) is 10.0 Å². The number of hydrogen-bond acceptors (Lipinski definition) is 5. The molecule has 0 bridgehead atoms. The highest BCUT2D eigenvalue weighted by molar-refractivity contribution is 7.89. The van der Waals surface area contributed by atoms with Gasteiger partial charge in [-0.25, -0.2) is 22.4 Å². The monoisotopic (exact) mass is 449 g/mol. The first-order chi connectivity index (χ1) is 14.8. The van der Waals surface area contributed by atoms with E-state index in [0.717, 1.165) is 17.7 Å². The van der Waals surface area contributed by atoms with Crippen molar-refractivity contribution in [3.8, 4) is 0 Å². The number of ether oxygens (including phenoxy) is 1. The van der Waals surface area contributed by atoms with Crippen LogP contribution in [0.15, 0.2) is 59.5 Å². The molecular weight excluding hydrogens is 425 g/mol. The Labute approximate surface area is 180 Å². The molecule has 1 N–H and O–H groups in total. The fourth-order valence-electron chi connectivity index (χ4n) is 3.31. The molecule has 2 amide bonds. The molecular formula is C21H24FN3O5S. The minimum Gasteiger partial charge on any atom is -0.467 e. The number of amides is 2. The van der Waals surface area contributed by atoms with E-state index in [9.17, 15) is 22.4 Å². The van der Waals surface area contributed by atoms with E-state index in [4.69, 9.17) is 4.74 Å². The van der Waals surface area contributed by atoms with E-state index in [-0.39, 0.29) is 37.5 Å². The number of nitrogens with one attached hydrogen (secondary N) is 1. The molecule has 1 saturated heterocycles. The van der Waals surface area contributed by atoms with Crippen molar-refractivity contribution in [1.82, 2.24) is 14.5 Å². The number of rotatable bonds is 6. The molecule has 166 valence electrons. The Morgan fingerprint density at radius 3 is 2.23 bits per heavy atom. The Kier molecular flexibility index (Phi) is 7.24. The Balaban J connectivity index is 1.60. The van der Waals surface area contributed by atoms with Crippen molar-refractivity contribution in [2.45, 2.75) is 17.4 Å². The number of piperazine rings is 1. The van der Waals surface area contributed by atoms with Gasteiger partial charge >= 0.3 is 12.0 Å². The lowest BCUT2D eigenvalue weighted by molar-refractivity contribution is -0.142. The Bertz CT molecular complexity index is 1010. The van der Waals surface area contributed by atoms with E-state index >= 15 is 0 Å². The Hall–Kier alpha value is -2.98. The van der Waals surface area contributed by atoms with Gasteiger partial charge in [0.25, 0.3) is 0 Å². The Morgan fingerprint density at radius 1 is 1.03 bits per heavy atom. The molecule has 0 spiro atoms. The van der Waals surface area contributed by atoms with Gasteiger partial charge in [0.15, 0.2) is 0 Å². The minimum absolute atomic E-state index is 0.000387. The summed E-state index contributed by atoms with van der Waals surface area (Å²) >= 11 is 0. The maximum absolute atomic E-state index is 13.1. The number of nitrogens with zero attached hydrogens (tertiary/aromatic N) is 2.